The first kappa shape index (κ1) is 14.5. The van der Waals surface area contributed by atoms with Crippen LogP contribution in [-0.4, -0.2) is 33.5 Å². The Kier molecular flexibility index (Phi) is 4.93. The van der Waals surface area contributed by atoms with Crippen molar-refractivity contribution in [3.63, 3.8) is 0 Å². The van der Waals surface area contributed by atoms with Gasteiger partial charge in [-0.25, -0.2) is 4.98 Å². The van der Waals surface area contributed by atoms with E-state index >= 15 is 0 Å². The molecule has 0 bridgehead atoms. The molecule has 1 N–H and O–H groups in total. The predicted molar refractivity (Wildman–Crippen MR) is 76.5 cm³/mol. The lowest BCUT2D eigenvalue weighted by Crippen LogP contribution is -2.38. The number of carbonyl (C=O) groups is 1. The Hall–Kier alpha value is -0.940. The molecule has 1 aromatic heterocycles. The van der Waals surface area contributed by atoms with Crippen LogP contribution in [0.1, 0.15) is 48.2 Å². The fourth-order valence-electron chi connectivity index (χ4n) is 2.83. The third kappa shape index (κ3) is 3.76. The summed E-state index contributed by atoms with van der Waals surface area (Å²) >= 11 is 1.65. The van der Waals surface area contributed by atoms with E-state index in [1.165, 1.54) is 25.7 Å². The Labute approximate surface area is 118 Å². The van der Waals surface area contributed by atoms with E-state index < -0.39 is 5.97 Å². The highest BCUT2D eigenvalue weighted by atomic mass is 32.1. The van der Waals surface area contributed by atoms with Crippen molar-refractivity contribution in [3.05, 3.63) is 15.6 Å². The van der Waals surface area contributed by atoms with Gasteiger partial charge in [0.2, 0.25) is 0 Å². The summed E-state index contributed by atoms with van der Waals surface area (Å²) in [7, 11) is 0. The summed E-state index contributed by atoms with van der Waals surface area (Å²) in [5.74, 6) is -0.794. The van der Waals surface area contributed by atoms with Crippen LogP contribution in [-0.2, 0) is 17.8 Å². The zero-order valence-corrected chi connectivity index (χ0v) is 12.5. The molecule has 4 nitrogen and oxygen atoms in total. The van der Waals surface area contributed by atoms with Gasteiger partial charge in [-0.05, 0) is 32.7 Å². The summed E-state index contributed by atoms with van der Waals surface area (Å²) in [6.07, 6.45) is 5.06. The number of aromatic nitrogens is 1. The third-order valence-corrected chi connectivity index (χ3v) is 4.77. The smallest absolute Gasteiger partial charge is 0.309 e. The van der Waals surface area contributed by atoms with Crippen LogP contribution in [0.5, 0.6) is 0 Å². The lowest BCUT2D eigenvalue weighted by atomic mass is 10.00. The van der Waals surface area contributed by atoms with Crippen LogP contribution in [0.25, 0.3) is 0 Å². The Morgan fingerprint density at radius 2 is 2.32 bits per heavy atom. The Bertz CT molecular complexity index is 445. The minimum absolute atomic E-state index is 0.0459. The van der Waals surface area contributed by atoms with Crippen molar-refractivity contribution in [1.29, 1.82) is 0 Å². The number of aryl methyl sites for hydroxylation is 1. The highest BCUT2D eigenvalue weighted by Gasteiger charge is 2.23. The minimum atomic E-state index is -0.794. The van der Waals surface area contributed by atoms with Gasteiger partial charge in [-0.15, -0.1) is 11.3 Å². The molecule has 0 aliphatic carbocycles. The zero-order chi connectivity index (χ0) is 13.8. The third-order valence-electron chi connectivity index (χ3n) is 3.77. The number of aliphatic carboxylic acids is 1. The van der Waals surface area contributed by atoms with Gasteiger partial charge in [-0.3, -0.25) is 9.69 Å². The molecule has 1 unspecified atom stereocenters. The maximum absolute atomic E-state index is 10.9. The first-order chi connectivity index (χ1) is 9.10. The molecule has 1 aliphatic rings. The normalized spacial score (nSPS) is 20.6. The van der Waals surface area contributed by atoms with Crippen LogP contribution < -0.4 is 0 Å². The van der Waals surface area contributed by atoms with E-state index in [4.69, 9.17) is 5.11 Å². The van der Waals surface area contributed by atoms with Gasteiger partial charge < -0.3 is 5.11 Å². The first-order valence-corrected chi connectivity index (χ1v) is 7.82. The van der Waals surface area contributed by atoms with E-state index in [1.807, 2.05) is 6.92 Å². The number of nitrogens with zero attached hydrogens (tertiary/aromatic N) is 2. The molecule has 1 aromatic rings. The molecule has 2 heterocycles. The molecule has 1 fully saturated rings. The van der Waals surface area contributed by atoms with Crippen molar-refractivity contribution >= 4 is 17.3 Å². The van der Waals surface area contributed by atoms with Crippen molar-refractivity contribution in [2.75, 3.05) is 6.54 Å². The number of hydrogen-bond donors (Lipinski definition) is 1. The minimum Gasteiger partial charge on any atom is -0.481 e. The molecule has 1 saturated heterocycles. The summed E-state index contributed by atoms with van der Waals surface area (Å²) in [4.78, 5) is 18.9. The zero-order valence-electron chi connectivity index (χ0n) is 11.7. The molecule has 0 amide bonds. The lowest BCUT2D eigenvalue weighted by Gasteiger charge is -2.34. The fourth-order valence-corrected chi connectivity index (χ4v) is 3.81. The topological polar surface area (TPSA) is 53.4 Å². The highest BCUT2D eigenvalue weighted by molar-refractivity contribution is 7.11. The second kappa shape index (κ2) is 6.48. The molecule has 19 heavy (non-hydrogen) atoms. The van der Waals surface area contributed by atoms with E-state index in [2.05, 4.69) is 16.8 Å². The Balaban J connectivity index is 2.10. The summed E-state index contributed by atoms with van der Waals surface area (Å²) in [6, 6.07) is 0.647. The van der Waals surface area contributed by atoms with Crippen LogP contribution >= 0.6 is 11.3 Å². The van der Waals surface area contributed by atoms with Gasteiger partial charge in [0.05, 0.1) is 17.1 Å². The predicted octanol–water partition coefficient (Wildman–Crippen LogP) is 2.84. The number of rotatable bonds is 5. The van der Waals surface area contributed by atoms with Crippen molar-refractivity contribution in [2.24, 2.45) is 0 Å². The molecule has 0 aromatic carbocycles. The lowest BCUT2D eigenvalue weighted by molar-refractivity contribution is -0.136. The number of piperidine rings is 1. The summed E-state index contributed by atoms with van der Waals surface area (Å²) in [5, 5.41) is 9.92. The fraction of sp³-hybridized carbons (Fsp3) is 0.714. The van der Waals surface area contributed by atoms with E-state index in [9.17, 15) is 4.79 Å². The summed E-state index contributed by atoms with van der Waals surface area (Å²) < 4.78 is 0. The van der Waals surface area contributed by atoms with Crippen LogP contribution in [0.4, 0.5) is 0 Å². The highest BCUT2D eigenvalue weighted by Crippen LogP contribution is 2.26. The van der Waals surface area contributed by atoms with Gasteiger partial charge in [-0.1, -0.05) is 13.3 Å². The molecule has 1 aliphatic heterocycles. The van der Waals surface area contributed by atoms with E-state index in [1.54, 1.807) is 11.3 Å². The van der Waals surface area contributed by atoms with Crippen molar-refractivity contribution in [2.45, 2.75) is 58.5 Å². The van der Waals surface area contributed by atoms with Crippen LogP contribution in [0, 0.1) is 6.92 Å². The molecule has 1 atom stereocenters. The van der Waals surface area contributed by atoms with Gasteiger partial charge in [0.15, 0.2) is 0 Å². The maximum atomic E-state index is 10.9. The summed E-state index contributed by atoms with van der Waals surface area (Å²) in [5.41, 5.74) is 0.760. The van der Waals surface area contributed by atoms with Gasteiger partial charge >= 0.3 is 5.97 Å². The molecule has 5 heteroatoms. The maximum Gasteiger partial charge on any atom is 0.309 e. The van der Waals surface area contributed by atoms with Crippen molar-refractivity contribution in [3.8, 4) is 0 Å². The van der Waals surface area contributed by atoms with E-state index in [-0.39, 0.29) is 6.42 Å². The van der Waals surface area contributed by atoms with Crippen molar-refractivity contribution < 1.29 is 9.90 Å². The van der Waals surface area contributed by atoms with Gasteiger partial charge in [-0.2, -0.15) is 0 Å². The number of carboxylic acids is 1. The van der Waals surface area contributed by atoms with Crippen LogP contribution in [0.2, 0.25) is 0 Å². The molecular formula is C14H22N2O2S. The second-order valence-electron chi connectivity index (χ2n) is 5.20. The van der Waals surface area contributed by atoms with Crippen molar-refractivity contribution in [1.82, 2.24) is 9.88 Å². The average Bonchev–Trinajstić information content (AvgIpc) is 2.69. The molecule has 0 saturated carbocycles. The Morgan fingerprint density at radius 3 is 3.00 bits per heavy atom. The second-order valence-corrected chi connectivity index (χ2v) is 6.49. The quantitative estimate of drug-likeness (QED) is 0.902. The SMILES string of the molecule is CCC1CCCCN1Cc1sc(C)nc1CC(=O)O. The standard InChI is InChI=1S/C14H22N2O2S/c1-3-11-6-4-5-7-16(11)9-13-12(8-14(17)18)15-10(2)19-13/h11H,3-9H2,1-2H3,(H,17,18). The Morgan fingerprint density at radius 1 is 1.53 bits per heavy atom. The monoisotopic (exact) mass is 282 g/mol. The molecular weight excluding hydrogens is 260 g/mol. The van der Waals surface area contributed by atoms with Gasteiger partial charge in [0, 0.05) is 17.5 Å². The van der Waals surface area contributed by atoms with Gasteiger partial charge in [0.25, 0.3) is 0 Å². The molecule has 2 rings (SSSR count). The number of thiazole rings is 1. The largest absolute Gasteiger partial charge is 0.481 e. The number of carboxylic acid groups (broad SMARTS) is 1. The van der Waals surface area contributed by atoms with Gasteiger partial charge in [0.1, 0.15) is 0 Å². The van der Waals surface area contributed by atoms with Crippen LogP contribution in [0.3, 0.4) is 0 Å². The van der Waals surface area contributed by atoms with Crippen LogP contribution in [0.15, 0.2) is 0 Å². The first-order valence-electron chi connectivity index (χ1n) is 7.01. The number of hydrogen-bond acceptors (Lipinski definition) is 4. The van der Waals surface area contributed by atoms with E-state index in [0.717, 1.165) is 28.7 Å². The molecule has 0 spiro atoms. The average molecular weight is 282 g/mol. The molecule has 106 valence electrons. The summed E-state index contributed by atoms with van der Waals surface area (Å²) in [6.45, 7) is 6.18. The van der Waals surface area contributed by atoms with E-state index in [0.29, 0.717) is 6.04 Å². The molecule has 0 radical (unpaired) electrons. The number of likely N-dealkylation sites (tertiary alicyclic amines) is 1.